The highest BCUT2D eigenvalue weighted by atomic mass is 32.2. The molecule has 9 heteroatoms. The van der Waals surface area contributed by atoms with Crippen LogP contribution in [0.4, 0.5) is 13.2 Å². The van der Waals surface area contributed by atoms with E-state index in [1.165, 1.54) is 12.1 Å². The molecule has 0 amide bonds. The zero-order valence-corrected chi connectivity index (χ0v) is 12.0. The molecule has 0 saturated heterocycles. The highest BCUT2D eigenvalue weighted by Crippen LogP contribution is 2.36. The van der Waals surface area contributed by atoms with E-state index in [2.05, 4.69) is 8.92 Å². The lowest BCUT2D eigenvalue weighted by atomic mass is 10.1. The van der Waals surface area contributed by atoms with E-state index in [9.17, 15) is 26.4 Å². The topological polar surface area (TPSA) is 69.7 Å². The average molecular weight is 326 g/mol. The summed E-state index contributed by atoms with van der Waals surface area (Å²) >= 11 is 0. The van der Waals surface area contributed by atoms with Gasteiger partial charge >= 0.3 is 12.1 Å². The van der Waals surface area contributed by atoms with E-state index < -0.39 is 34.5 Å². The second-order valence-electron chi connectivity index (χ2n) is 4.38. The summed E-state index contributed by atoms with van der Waals surface area (Å²) in [6.07, 6.45) is -4.83. The van der Waals surface area contributed by atoms with Crippen molar-refractivity contribution in [2.45, 2.75) is 25.3 Å². The molecule has 1 unspecified atom stereocenters. The van der Waals surface area contributed by atoms with Crippen LogP contribution < -0.4 is 0 Å². The van der Waals surface area contributed by atoms with E-state index in [1.54, 1.807) is 18.2 Å². The number of benzene rings is 1. The van der Waals surface area contributed by atoms with Gasteiger partial charge in [-0.05, 0) is 12.5 Å². The van der Waals surface area contributed by atoms with Gasteiger partial charge in [-0.1, -0.05) is 30.3 Å². The Labute approximate surface area is 119 Å². The van der Waals surface area contributed by atoms with Crippen LogP contribution in [0.2, 0.25) is 0 Å². The van der Waals surface area contributed by atoms with Crippen LogP contribution in [0.25, 0.3) is 0 Å². The fraction of sp³-hybridized carbons (Fsp3) is 0.417. The third kappa shape index (κ3) is 4.71. The molecule has 1 aromatic carbocycles. The normalized spacial score (nSPS) is 15.3. The number of halogens is 3. The molecular weight excluding hydrogens is 313 g/mol. The van der Waals surface area contributed by atoms with Crippen molar-refractivity contribution in [3.05, 3.63) is 35.9 Å². The van der Waals surface area contributed by atoms with Gasteiger partial charge in [-0.25, -0.2) is 8.98 Å². The van der Waals surface area contributed by atoms with Crippen LogP contribution in [0.3, 0.4) is 0 Å². The van der Waals surface area contributed by atoms with Gasteiger partial charge in [0.25, 0.3) is 15.7 Å². The largest absolute Gasteiger partial charge is 0.458 e. The van der Waals surface area contributed by atoms with Crippen LogP contribution in [-0.4, -0.2) is 32.4 Å². The van der Waals surface area contributed by atoms with E-state index in [4.69, 9.17) is 0 Å². The minimum atomic E-state index is -5.25. The van der Waals surface area contributed by atoms with Gasteiger partial charge in [-0.2, -0.15) is 21.6 Å². The second-order valence-corrected chi connectivity index (χ2v) is 5.96. The van der Waals surface area contributed by atoms with Gasteiger partial charge in [0.1, 0.15) is 6.61 Å². The average Bonchev–Trinajstić information content (AvgIpc) is 2.33. The minimum Gasteiger partial charge on any atom is -0.458 e. The highest BCUT2D eigenvalue weighted by Gasteiger charge is 2.61. The van der Waals surface area contributed by atoms with Crippen LogP contribution in [0.5, 0.6) is 0 Å². The first kappa shape index (κ1) is 17.4. The first-order valence-electron chi connectivity index (χ1n) is 5.64. The summed E-state index contributed by atoms with van der Waals surface area (Å²) in [7, 11) is -4.51. The standard InChI is InChI=1S/C12H13F3O5S/c1-11(12(13,14)15,20-21(2,17)18)10(16)19-8-9-6-4-3-5-7-9/h3-7H,8H2,1-2H3. The summed E-state index contributed by atoms with van der Waals surface area (Å²) in [6.45, 7) is -0.125. The predicted molar refractivity (Wildman–Crippen MR) is 66.6 cm³/mol. The fourth-order valence-electron chi connectivity index (χ4n) is 1.36. The van der Waals surface area contributed by atoms with Crippen LogP contribution in [-0.2, 0) is 30.4 Å². The van der Waals surface area contributed by atoms with Crippen molar-refractivity contribution in [3.8, 4) is 0 Å². The van der Waals surface area contributed by atoms with Crippen LogP contribution in [0, 0.1) is 0 Å². The number of esters is 1. The van der Waals surface area contributed by atoms with E-state index in [0.29, 0.717) is 18.7 Å². The Balaban J connectivity index is 2.92. The molecule has 0 aromatic heterocycles. The maximum atomic E-state index is 12.9. The van der Waals surface area contributed by atoms with E-state index in [1.807, 2.05) is 0 Å². The van der Waals surface area contributed by atoms with Gasteiger partial charge in [-0.15, -0.1) is 0 Å². The van der Waals surface area contributed by atoms with Gasteiger partial charge < -0.3 is 4.74 Å². The monoisotopic (exact) mass is 326 g/mol. The summed E-state index contributed by atoms with van der Waals surface area (Å²) in [5, 5.41) is 0. The lowest BCUT2D eigenvalue weighted by molar-refractivity contribution is -0.247. The third-order valence-electron chi connectivity index (χ3n) is 2.46. The van der Waals surface area contributed by atoms with Crippen molar-refractivity contribution in [1.29, 1.82) is 0 Å². The Hall–Kier alpha value is -1.61. The molecule has 0 fully saturated rings. The lowest BCUT2D eigenvalue weighted by Gasteiger charge is -2.28. The van der Waals surface area contributed by atoms with E-state index >= 15 is 0 Å². The smallest absolute Gasteiger partial charge is 0.429 e. The third-order valence-corrected chi connectivity index (χ3v) is 3.10. The van der Waals surface area contributed by atoms with Crippen LogP contribution >= 0.6 is 0 Å². The maximum absolute atomic E-state index is 12.9. The molecule has 0 bridgehead atoms. The number of alkyl halides is 3. The van der Waals surface area contributed by atoms with E-state index in [-0.39, 0.29) is 0 Å². The molecule has 0 heterocycles. The molecule has 0 aliphatic rings. The summed E-state index contributed by atoms with van der Waals surface area (Å²) in [5.41, 5.74) is -3.13. The van der Waals surface area contributed by atoms with Crippen molar-refractivity contribution in [3.63, 3.8) is 0 Å². The molecule has 1 aromatic rings. The van der Waals surface area contributed by atoms with Crippen molar-refractivity contribution < 1.29 is 35.3 Å². The minimum absolute atomic E-state index is 0.307. The Morgan fingerprint density at radius 2 is 1.71 bits per heavy atom. The van der Waals surface area contributed by atoms with Crippen LogP contribution in [0.15, 0.2) is 30.3 Å². The SMILES string of the molecule is CC(OS(C)(=O)=O)(C(=O)OCc1ccccc1)C(F)(F)F. The van der Waals surface area contributed by atoms with Crippen molar-refractivity contribution >= 4 is 16.1 Å². The van der Waals surface area contributed by atoms with Gasteiger partial charge in [0.05, 0.1) is 6.26 Å². The Morgan fingerprint density at radius 3 is 2.14 bits per heavy atom. The lowest BCUT2D eigenvalue weighted by Crippen LogP contribution is -2.53. The number of carbonyl (C=O) groups is 1. The highest BCUT2D eigenvalue weighted by molar-refractivity contribution is 7.86. The Kier molecular flexibility index (Phi) is 5.00. The number of ether oxygens (including phenoxy) is 1. The maximum Gasteiger partial charge on any atom is 0.429 e. The molecule has 118 valence electrons. The molecule has 0 radical (unpaired) electrons. The summed E-state index contributed by atoms with van der Waals surface area (Å²) in [4.78, 5) is 11.6. The van der Waals surface area contributed by atoms with Gasteiger partial charge in [0.2, 0.25) is 0 Å². The molecule has 0 N–H and O–H groups in total. The molecule has 5 nitrogen and oxygen atoms in total. The Morgan fingerprint density at radius 1 is 1.19 bits per heavy atom. The summed E-state index contributed by atoms with van der Waals surface area (Å²) < 4.78 is 69.1. The van der Waals surface area contributed by atoms with Crippen molar-refractivity contribution in [1.82, 2.24) is 0 Å². The van der Waals surface area contributed by atoms with Gasteiger partial charge in [-0.3, -0.25) is 0 Å². The molecule has 1 rings (SSSR count). The molecule has 0 saturated carbocycles. The fourth-order valence-corrected chi connectivity index (χ4v) is 2.13. The van der Waals surface area contributed by atoms with Gasteiger partial charge in [0, 0.05) is 0 Å². The predicted octanol–water partition coefficient (Wildman–Crippen LogP) is 2.03. The first-order chi connectivity index (χ1) is 9.46. The first-order valence-corrected chi connectivity index (χ1v) is 7.46. The van der Waals surface area contributed by atoms with Gasteiger partial charge in [0.15, 0.2) is 0 Å². The Bertz CT molecular complexity index is 597. The zero-order valence-electron chi connectivity index (χ0n) is 11.2. The molecule has 0 aliphatic heterocycles. The van der Waals surface area contributed by atoms with Crippen molar-refractivity contribution in [2.75, 3.05) is 6.26 Å². The van der Waals surface area contributed by atoms with Crippen LogP contribution in [0.1, 0.15) is 12.5 Å². The zero-order chi connectivity index (χ0) is 16.3. The second kappa shape index (κ2) is 6.02. The number of hydrogen-bond donors (Lipinski definition) is 0. The molecular formula is C12H13F3O5S. The molecule has 1 atom stereocenters. The molecule has 0 spiro atoms. The summed E-state index contributed by atoms with van der Waals surface area (Å²) in [5.74, 6) is -1.83. The molecule has 21 heavy (non-hydrogen) atoms. The quantitative estimate of drug-likeness (QED) is 0.612. The number of carbonyl (C=O) groups excluding carboxylic acids is 1. The number of hydrogen-bond acceptors (Lipinski definition) is 5. The number of rotatable bonds is 5. The van der Waals surface area contributed by atoms with E-state index in [0.717, 1.165) is 0 Å². The molecule has 0 aliphatic carbocycles. The van der Waals surface area contributed by atoms with Crippen molar-refractivity contribution in [2.24, 2.45) is 0 Å². The summed E-state index contributed by atoms with van der Waals surface area (Å²) in [6, 6.07) is 7.97.